The van der Waals surface area contributed by atoms with Gasteiger partial charge in [-0.25, -0.2) is 0 Å². The molecule has 1 heterocycles. The zero-order valence-electron chi connectivity index (χ0n) is 9.72. The number of nitrogens with two attached hydrogens (primary N) is 1. The SMILES string of the molecule is CC(C)N(CCN)[C@@H](C)c1cnccn1. The molecule has 1 aromatic heterocycles. The van der Waals surface area contributed by atoms with Crippen LogP contribution in [0.1, 0.15) is 32.5 Å². The summed E-state index contributed by atoms with van der Waals surface area (Å²) in [6.45, 7) is 8.03. The van der Waals surface area contributed by atoms with Crippen molar-refractivity contribution in [1.29, 1.82) is 0 Å². The van der Waals surface area contributed by atoms with Crippen molar-refractivity contribution in [2.24, 2.45) is 5.73 Å². The quantitative estimate of drug-likeness (QED) is 0.790. The van der Waals surface area contributed by atoms with Crippen LogP contribution >= 0.6 is 0 Å². The molecule has 0 saturated heterocycles. The van der Waals surface area contributed by atoms with E-state index in [0.29, 0.717) is 12.6 Å². The molecular formula is C11H20N4. The van der Waals surface area contributed by atoms with E-state index in [2.05, 4.69) is 35.6 Å². The van der Waals surface area contributed by atoms with Crippen LogP contribution in [-0.2, 0) is 0 Å². The predicted octanol–water partition coefficient (Wildman–Crippen LogP) is 1.21. The number of hydrogen-bond donors (Lipinski definition) is 1. The molecule has 0 aromatic carbocycles. The molecule has 0 amide bonds. The predicted molar refractivity (Wildman–Crippen MR) is 61.3 cm³/mol. The van der Waals surface area contributed by atoms with Gasteiger partial charge in [0.05, 0.1) is 11.7 Å². The summed E-state index contributed by atoms with van der Waals surface area (Å²) in [5, 5.41) is 0. The number of rotatable bonds is 5. The van der Waals surface area contributed by atoms with Gasteiger partial charge in [-0.1, -0.05) is 0 Å². The smallest absolute Gasteiger partial charge is 0.0755 e. The first-order valence-corrected chi connectivity index (χ1v) is 5.38. The molecule has 0 unspecified atom stereocenters. The molecule has 0 bridgehead atoms. The largest absolute Gasteiger partial charge is 0.329 e. The molecule has 0 saturated carbocycles. The summed E-state index contributed by atoms with van der Waals surface area (Å²) < 4.78 is 0. The summed E-state index contributed by atoms with van der Waals surface area (Å²) >= 11 is 0. The lowest BCUT2D eigenvalue weighted by atomic mass is 10.1. The summed E-state index contributed by atoms with van der Waals surface area (Å²) in [7, 11) is 0. The van der Waals surface area contributed by atoms with Gasteiger partial charge < -0.3 is 5.73 Å². The van der Waals surface area contributed by atoms with Crippen molar-refractivity contribution in [3.05, 3.63) is 24.3 Å². The Morgan fingerprint density at radius 2 is 2.07 bits per heavy atom. The van der Waals surface area contributed by atoms with Gasteiger partial charge in [0.15, 0.2) is 0 Å². The molecule has 4 nitrogen and oxygen atoms in total. The van der Waals surface area contributed by atoms with E-state index in [1.165, 1.54) is 0 Å². The molecule has 84 valence electrons. The van der Waals surface area contributed by atoms with Crippen molar-refractivity contribution in [3.63, 3.8) is 0 Å². The second kappa shape index (κ2) is 5.78. The Hall–Kier alpha value is -1.00. The topological polar surface area (TPSA) is 55.0 Å². The Kier molecular flexibility index (Phi) is 4.65. The third kappa shape index (κ3) is 3.25. The third-order valence-corrected chi connectivity index (χ3v) is 2.56. The normalized spacial score (nSPS) is 13.5. The average molecular weight is 208 g/mol. The van der Waals surface area contributed by atoms with Crippen LogP contribution in [0, 0.1) is 0 Å². The van der Waals surface area contributed by atoms with Gasteiger partial charge in [-0.15, -0.1) is 0 Å². The summed E-state index contributed by atoms with van der Waals surface area (Å²) in [6, 6.07) is 0.729. The van der Waals surface area contributed by atoms with Gasteiger partial charge >= 0.3 is 0 Å². The Labute approximate surface area is 91.5 Å². The van der Waals surface area contributed by atoms with Crippen LogP contribution in [0.2, 0.25) is 0 Å². The Bertz CT molecular complexity index is 273. The fourth-order valence-electron chi connectivity index (χ4n) is 1.74. The summed E-state index contributed by atoms with van der Waals surface area (Å²) in [5.41, 5.74) is 6.61. The molecule has 0 spiro atoms. The molecule has 0 fully saturated rings. The Morgan fingerprint density at radius 1 is 1.33 bits per heavy atom. The lowest BCUT2D eigenvalue weighted by molar-refractivity contribution is 0.166. The minimum Gasteiger partial charge on any atom is -0.329 e. The van der Waals surface area contributed by atoms with E-state index >= 15 is 0 Å². The molecule has 4 heteroatoms. The molecule has 0 aliphatic carbocycles. The van der Waals surface area contributed by atoms with E-state index in [-0.39, 0.29) is 6.04 Å². The Morgan fingerprint density at radius 3 is 2.53 bits per heavy atom. The number of hydrogen-bond acceptors (Lipinski definition) is 4. The maximum atomic E-state index is 5.61. The zero-order valence-corrected chi connectivity index (χ0v) is 9.72. The highest BCUT2D eigenvalue weighted by Gasteiger charge is 2.18. The molecule has 0 aliphatic rings. The number of nitrogens with zero attached hydrogens (tertiary/aromatic N) is 3. The third-order valence-electron chi connectivity index (χ3n) is 2.56. The lowest BCUT2D eigenvalue weighted by Gasteiger charge is -2.31. The molecule has 1 rings (SSSR count). The van der Waals surface area contributed by atoms with E-state index in [1.807, 2.05) is 6.20 Å². The molecular weight excluding hydrogens is 188 g/mol. The first kappa shape index (κ1) is 12.1. The maximum absolute atomic E-state index is 5.61. The highest BCUT2D eigenvalue weighted by Crippen LogP contribution is 2.18. The standard InChI is InChI=1S/C11H20N4/c1-9(2)15(7-4-12)10(3)11-8-13-5-6-14-11/h5-6,8-10H,4,7,12H2,1-3H3/t10-/m0/s1. The fraction of sp³-hybridized carbons (Fsp3) is 0.636. The second-order valence-electron chi connectivity index (χ2n) is 3.93. The van der Waals surface area contributed by atoms with Crippen molar-refractivity contribution >= 4 is 0 Å². The molecule has 2 N–H and O–H groups in total. The van der Waals surface area contributed by atoms with Crippen LogP contribution in [0.15, 0.2) is 18.6 Å². The molecule has 0 radical (unpaired) electrons. The highest BCUT2D eigenvalue weighted by atomic mass is 15.2. The van der Waals surface area contributed by atoms with Crippen molar-refractivity contribution < 1.29 is 0 Å². The van der Waals surface area contributed by atoms with E-state index in [9.17, 15) is 0 Å². The van der Waals surface area contributed by atoms with Crippen LogP contribution in [-0.4, -0.2) is 34.0 Å². The van der Waals surface area contributed by atoms with Crippen molar-refractivity contribution in [2.75, 3.05) is 13.1 Å². The van der Waals surface area contributed by atoms with Crippen LogP contribution in [0.5, 0.6) is 0 Å². The summed E-state index contributed by atoms with van der Waals surface area (Å²) in [6.07, 6.45) is 5.24. The minimum absolute atomic E-state index is 0.266. The van der Waals surface area contributed by atoms with E-state index in [1.54, 1.807) is 12.4 Å². The first-order chi connectivity index (χ1) is 7.16. The van der Waals surface area contributed by atoms with Crippen LogP contribution in [0.25, 0.3) is 0 Å². The molecule has 1 aromatic rings. The first-order valence-electron chi connectivity index (χ1n) is 5.38. The van der Waals surface area contributed by atoms with Crippen molar-refractivity contribution in [2.45, 2.75) is 32.9 Å². The van der Waals surface area contributed by atoms with E-state index in [0.717, 1.165) is 12.2 Å². The van der Waals surface area contributed by atoms with Gasteiger partial charge in [0.25, 0.3) is 0 Å². The monoisotopic (exact) mass is 208 g/mol. The highest BCUT2D eigenvalue weighted by molar-refractivity contribution is 5.01. The van der Waals surface area contributed by atoms with Gasteiger partial charge in [-0.3, -0.25) is 14.9 Å². The minimum atomic E-state index is 0.266. The van der Waals surface area contributed by atoms with Crippen LogP contribution < -0.4 is 5.73 Å². The van der Waals surface area contributed by atoms with Gasteiger partial charge in [0.1, 0.15) is 0 Å². The summed E-state index contributed by atoms with van der Waals surface area (Å²) in [5.74, 6) is 0. The van der Waals surface area contributed by atoms with Crippen LogP contribution in [0.3, 0.4) is 0 Å². The second-order valence-corrected chi connectivity index (χ2v) is 3.93. The van der Waals surface area contributed by atoms with Gasteiger partial charge in [0, 0.05) is 37.7 Å². The van der Waals surface area contributed by atoms with E-state index < -0.39 is 0 Å². The zero-order chi connectivity index (χ0) is 11.3. The fourth-order valence-corrected chi connectivity index (χ4v) is 1.74. The van der Waals surface area contributed by atoms with Gasteiger partial charge in [0.2, 0.25) is 0 Å². The maximum Gasteiger partial charge on any atom is 0.0755 e. The summed E-state index contributed by atoms with van der Waals surface area (Å²) in [4.78, 5) is 10.7. The van der Waals surface area contributed by atoms with Crippen molar-refractivity contribution in [1.82, 2.24) is 14.9 Å². The van der Waals surface area contributed by atoms with Crippen LogP contribution in [0.4, 0.5) is 0 Å². The van der Waals surface area contributed by atoms with Gasteiger partial charge in [-0.05, 0) is 20.8 Å². The Balaban J connectivity index is 2.76. The average Bonchev–Trinajstić information content (AvgIpc) is 2.26. The molecule has 0 aliphatic heterocycles. The molecule has 15 heavy (non-hydrogen) atoms. The van der Waals surface area contributed by atoms with E-state index in [4.69, 9.17) is 5.73 Å². The van der Waals surface area contributed by atoms with Gasteiger partial charge in [-0.2, -0.15) is 0 Å². The lowest BCUT2D eigenvalue weighted by Crippen LogP contribution is -2.37. The van der Waals surface area contributed by atoms with Crippen molar-refractivity contribution in [3.8, 4) is 0 Å². The number of aromatic nitrogens is 2. The molecule has 1 atom stereocenters.